The third-order valence-electron chi connectivity index (χ3n) is 3.31. The largest absolute Gasteiger partial charge is 0.324 e. The first-order chi connectivity index (χ1) is 7.31. The maximum Gasteiger partial charge on any atom is 0.0991 e. The first kappa shape index (κ1) is 13.0. The molecule has 1 aromatic rings. The van der Waals surface area contributed by atoms with Crippen LogP contribution in [0.15, 0.2) is 24.3 Å². The Hall–Kier alpha value is -1.04. The van der Waals surface area contributed by atoms with Crippen molar-refractivity contribution in [3.63, 3.8) is 0 Å². The van der Waals surface area contributed by atoms with Crippen LogP contribution in [0.25, 0.3) is 0 Å². The Morgan fingerprint density at radius 1 is 1.31 bits per heavy atom. The van der Waals surface area contributed by atoms with Crippen LogP contribution in [0.4, 0.5) is 0 Å². The Kier molecular flexibility index (Phi) is 4.79. The summed E-state index contributed by atoms with van der Waals surface area (Å²) in [7, 11) is 0. The second kappa shape index (κ2) is 5.89. The van der Waals surface area contributed by atoms with E-state index in [2.05, 4.69) is 6.07 Å². The first-order valence-electron chi connectivity index (χ1n) is 5.57. The number of hydrogen-bond donors (Lipinski definition) is 1. The summed E-state index contributed by atoms with van der Waals surface area (Å²) in [4.78, 5) is 0. The molecule has 0 amide bonds. The number of halogens is 1. The molecule has 1 aliphatic carbocycles. The van der Waals surface area contributed by atoms with Crippen LogP contribution in [-0.2, 0) is 0 Å². The Labute approximate surface area is 103 Å². The van der Waals surface area contributed by atoms with E-state index in [0.29, 0.717) is 11.5 Å². The van der Waals surface area contributed by atoms with Gasteiger partial charge in [0.15, 0.2) is 0 Å². The quantitative estimate of drug-likeness (QED) is 0.858. The number of nitriles is 1. The average Bonchev–Trinajstić information content (AvgIpc) is 2.81. The number of nitrogens with two attached hydrogens (primary N) is 1. The van der Waals surface area contributed by atoms with E-state index in [1.54, 1.807) is 0 Å². The minimum Gasteiger partial charge on any atom is -0.324 e. The van der Waals surface area contributed by atoms with Crippen molar-refractivity contribution in [2.24, 2.45) is 11.7 Å². The van der Waals surface area contributed by atoms with E-state index in [9.17, 15) is 0 Å². The molecule has 16 heavy (non-hydrogen) atoms. The number of hydrogen-bond acceptors (Lipinski definition) is 2. The van der Waals surface area contributed by atoms with Gasteiger partial charge in [-0.05, 0) is 36.5 Å². The molecular weight excluding hydrogens is 220 g/mol. The van der Waals surface area contributed by atoms with Crippen molar-refractivity contribution in [1.29, 1.82) is 5.26 Å². The molecule has 0 radical (unpaired) electrons. The Bertz CT molecular complexity index is 378. The van der Waals surface area contributed by atoms with Crippen LogP contribution < -0.4 is 5.73 Å². The zero-order valence-electron chi connectivity index (χ0n) is 9.23. The topological polar surface area (TPSA) is 49.8 Å². The summed E-state index contributed by atoms with van der Waals surface area (Å²) < 4.78 is 0. The van der Waals surface area contributed by atoms with E-state index in [-0.39, 0.29) is 18.4 Å². The lowest BCUT2D eigenvalue weighted by atomic mass is 9.92. The van der Waals surface area contributed by atoms with Gasteiger partial charge in [0.1, 0.15) is 0 Å². The molecule has 0 spiro atoms. The zero-order chi connectivity index (χ0) is 10.7. The van der Waals surface area contributed by atoms with Crippen molar-refractivity contribution < 1.29 is 0 Å². The number of rotatable bonds is 2. The van der Waals surface area contributed by atoms with Crippen molar-refractivity contribution in [3.8, 4) is 6.07 Å². The lowest BCUT2D eigenvalue weighted by molar-refractivity contribution is 0.445. The molecule has 0 heterocycles. The second-order valence-electron chi connectivity index (χ2n) is 4.31. The minimum atomic E-state index is 0. The molecule has 2 N–H and O–H groups in total. The molecule has 1 fully saturated rings. The van der Waals surface area contributed by atoms with Gasteiger partial charge < -0.3 is 5.73 Å². The fraction of sp³-hybridized carbons (Fsp3) is 0.462. The van der Waals surface area contributed by atoms with Crippen molar-refractivity contribution in [1.82, 2.24) is 0 Å². The third-order valence-corrected chi connectivity index (χ3v) is 3.31. The molecule has 3 heteroatoms. The average molecular weight is 237 g/mol. The summed E-state index contributed by atoms with van der Waals surface area (Å²) in [5.74, 6) is 0.610. The van der Waals surface area contributed by atoms with Gasteiger partial charge in [-0.1, -0.05) is 25.0 Å². The number of benzene rings is 1. The lowest BCUT2D eigenvalue weighted by Gasteiger charge is -2.19. The fourth-order valence-corrected chi connectivity index (χ4v) is 2.40. The maximum atomic E-state index is 8.82. The van der Waals surface area contributed by atoms with Crippen LogP contribution in [0.3, 0.4) is 0 Å². The van der Waals surface area contributed by atoms with Crippen LogP contribution >= 0.6 is 12.4 Å². The van der Waals surface area contributed by atoms with Gasteiger partial charge in [-0.2, -0.15) is 5.26 Å². The van der Waals surface area contributed by atoms with E-state index in [1.165, 1.54) is 25.7 Å². The smallest absolute Gasteiger partial charge is 0.0991 e. The van der Waals surface area contributed by atoms with E-state index in [4.69, 9.17) is 11.0 Å². The molecule has 0 bridgehead atoms. The molecule has 0 aromatic heterocycles. The molecule has 0 aliphatic heterocycles. The molecule has 2 nitrogen and oxygen atoms in total. The van der Waals surface area contributed by atoms with Crippen LogP contribution in [0.5, 0.6) is 0 Å². The monoisotopic (exact) mass is 236 g/mol. The van der Waals surface area contributed by atoms with Gasteiger partial charge in [0.2, 0.25) is 0 Å². The summed E-state index contributed by atoms with van der Waals surface area (Å²) in [6, 6.07) is 9.96. The molecule has 0 unspecified atom stereocenters. The van der Waals surface area contributed by atoms with Gasteiger partial charge in [-0.25, -0.2) is 0 Å². The molecular formula is C13H17ClN2. The van der Waals surface area contributed by atoms with E-state index < -0.39 is 0 Å². The Morgan fingerprint density at radius 2 is 2.00 bits per heavy atom. The highest BCUT2D eigenvalue weighted by Gasteiger charge is 2.23. The van der Waals surface area contributed by atoms with Gasteiger partial charge >= 0.3 is 0 Å². The maximum absolute atomic E-state index is 8.82. The van der Waals surface area contributed by atoms with Crippen molar-refractivity contribution >= 4 is 12.4 Å². The highest BCUT2D eigenvalue weighted by Crippen LogP contribution is 2.34. The van der Waals surface area contributed by atoms with Crippen LogP contribution in [0.1, 0.15) is 42.9 Å². The predicted molar refractivity (Wildman–Crippen MR) is 67.3 cm³/mol. The van der Waals surface area contributed by atoms with Gasteiger partial charge in [-0.3, -0.25) is 0 Å². The third kappa shape index (κ3) is 2.75. The molecule has 0 saturated heterocycles. The van der Waals surface area contributed by atoms with Crippen LogP contribution in [0, 0.1) is 17.2 Å². The molecule has 86 valence electrons. The highest BCUT2D eigenvalue weighted by atomic mass is 35.5. The second-order valence-corrected chi connectivity index (χ2v) is 4.31. The van der Waals surface area contributed by atoms with Crippen molar-refractivity contribution in [3.05, 3.63) is 35.4 Å². The lowest BCUT2D eigenvalue weighted by Crippen LogP contribution is -2.19. The minimum absolute atomic E-state index is 0. The summed E-state index contributed by atoms with van der Waals surface area (Å²) in [5.41, 5.74) is 8.04. The summed E-state index contributed by atoms with van der Waals surface area (Å²) in [5, 5.41) is 8.82. The van der Waals surface area contributed by atoms with E-state index >= 15 is 0 Å². The molecule has 1 saturated carbocycles. The van der Waals surface area contributed by atoms with Gasteiger partial charge in [-0.15, -0.1) is 12.4 Å². The normalized spacial score (nSPS) is 17.5. The zero-order valence-corrected chi connectivity index (χ0v) is 10.0. The van der Waals surface area contributed by atoms with Gasteiger partial charge in [0.05, 0.1) is 11.6 Å². The Balaban J connectivity index is 0.00000128. The summed E-state index contributed by atoms with van der Waals surface area (Å²) >= 11 is 0. The number of nitrogens with zero attached hydrogens (tertiary/aromatic N) is 1. The first-order valence-corrected chi connectivity index (χ1v) is 5.57. The Morgan fingerprint density at radius 3 is 2.62 bits per heavy atom. The fourth-order valence-electron chi connectivity index (χ4n) is 2.40. The standard InChI is InChI=1S/C13H16N2.ClH/c14-9-10-4-3-7-12(8-10)13(15)11-5-1-2-6-11;/h3-4,7-8,11,13H,1-2,5-6,15H2;1H/t13-;/m0./s1. The van der Waals surface area contributed by atoms with Crippen molar-refractivity contribution in [2.75, 3.05) is 0 Å². The predicted octanol–water partition coefficient (Wildman–Crippen LogP) is 3.17. The van der Waals surface area contributed by atoms with E-state index in [0.717, 1.165) is 5.56 Å². The molecule has 1 aliphatic rings. The molecule has 2 rings (SSSR count). The SMILES string of the molecule is Cl.N#Cc1cccc([C@@H](N)C2CCCC2)c1. The molecule has 1 atom stereocenters. The van der Waals surface area contributed by atoms with Crippen molar-refractivity contribution in [2.45, 2.75) is 31.7 Å². The van der Waals surface area contributed by atoms with E-state index in [1.807, 2.05) is 24.3 Å². The summed E-state index contributed by atoms with van der Waals surface area (Å²) in [6.07, 6.45) is 5.07. The van der Waals surface area contributed by atoms with Gasteiger partial charge in [0, 0.05) is 6.04 Å². The van der Waals surface area contributed by atoms with Gasteiger partial charge in [0.25, 0.3) is 0 Å². The highest BCUT2D eigenvalue weighted by molar-refractivity contribution is 5.85. The van der Waals surface area contributed by atoms with Crippen LogP contribution in [0.2, 0.25) is 0 Å². The molecule has 1 aromatic carbocycles. The summed E-state index contributed by atoms with van der Waals surface area (Å²) in [6.45, 7) is 0. The van der Waals surface area contributed by atoms with Crippen LogP contribution in [-0.4, -0.2) is 0 Å².